The predicted molar refractivity (Wildman–Crippen MR) is 51.9 cm³/mol. The van der Waals surface area contributed by atoms with Crippen LogP contribution in [0.5, 0.6) is 0 Å². The molecule has 94 valence electrons. The highest BCUT2D eigenvalue weighted by Gasteiger charge is 2.47. The SMILES string of the molecule is O=[N+]([O-])c1cncn1[C@@H]1O[C@H]([13CH2]O)[C@@H](O)[C@H]1O. The molecule has 0 amide bonds. The second-order valence-corrected chi connectivity index (χ2v) is 3.65. The van der Waals surface area contributed by atoms with E-state index in [0.717, 1.165) is 17.1 Å². The molecule has 1 fully saturated rings. The molecule has 1 saturated heterocycles. The summed E-state index contributed by atoms with van der Waals surface area (Å²) < 4.78 is 6.14. The molecule has 3 N–H and O–H groups in total. The minimum Gasteiger partial charge on any atom is -0.394 e. The van der Waals surface area contributed by atoms with Gasteiger partial charge < -0.3 is 30.2 Å². The Balaban J connectivity index is 2.29. The van der Waals surface area contributed by atoms with Crippen LogP contribution in [0, 0.1) is 10.1 Å². The number of aliphatic hydroxyl groups is 3. The quantitative estimate of drug-likeness (QED) is 0.332. The van der Waals surface area contributed by atoms with E-state index in [9.17, 15) is 20.3 Å². The molecule has 0 unspecified atom stereocenters. The minimum absolute atomic E-state index is 0.361. The Hall–Kier alpha value is -1.55. The third-order valence-corrected chi connectivity index (χ3v) is 2.62. The summed E-state index contributed by atoms with van der Waals surface area (Å²) in [4.78, 5) is 13.6. The fourth-order valence-electron chi connectivity index (χ4n) is 1.74. The van der Waals surface area contributed by atoms with Crippen molar-refractivity contribution in [3.05, 3.63) is 22.6 Å². The van der Waals surface area contributed by atoms with Gasteiger partial charge >= 0.3 is 5.82 Å². The standard InChI is InChI=1S/C8H11N3O6/c12-2-4-6(13)7(14)8(17-4)10-3-9-1-5(10)11(15)16/h1,3-4,6-8,12-14H,2H2/t4-,6-,7-,8-/m1/s1/i2+1. The number of aromatic nitrogens is 2. The van der Waals surface area contributed by atoms with Gasteiger partial charge in [-0.25, -0.2) is 4.98 Å². The fourth-order valence-corrected chi connectivity index (χ4v) is 1.74. The molecule has 17 heavy (non-hydrogen) atoms. The molecule has 0 saturated carbocycles. The Morgan fingerprint density at radius 3 is 2.76 bits per heavy atom. The summed E-state index contributed by atoms with van der Waals surface area (Å²) in [6, 6.07) is 0. The van der Waals surface area contributed by atoms with Crippen LogP contribution in [0.4, 0.5) is 5.82 Å². The molecule has 0 aliphatic carbocycles. The van der Waals surface area contributed by atoms with E-state index in [0.29, 0.717) is 0 Å². The molecule has 9 nitrogen and oxygen atoms in total. The van der Waals surface area contributed by atoms with E-state index in [-0.39, 0.29) is 5.82 Å². The third kappa shape index (κ3) is 1.89. The molecule has 0 aromatic carbocycles. The van der Waals surface area contributed by atoms with Gasteiger partial charge in [0.15, 0.2) is 6.33 Å². The van der Waals surface area contributed by atoms with Crippen molar-refractivity contribution in [2.75, 3.05) is 6.61 Å². The van der Waals surface area contributed by atoms with Gasteiger partial charge in [-0.2, -0.15) is 4.57 Å². The molecule has 0 radical (unpaired) electrons. The van der Waals surface area contributed by atoms with Crippen molar-refractivity contribution in [3.8, 4) is 0 Å². The molecule has 1 aromatic rings. The molecule has 2 rings (SSSR count). The van der Waals surface area contributed by atoms with Crippen LogP contribution < -0.4 is 0 Å². The van der Waals surface area contributed by atoms with Gasteiger partial charge in [0.2, 0.25) is 6.23 Å². The number of hydrogen-bond acceptors (Lipinski definition) is 7. The average Bonchev–Trinajstić information content (AvgIpc) is 2.86. The molecule has 1 aromatic heterocycles. The van der Waals surface area contributed by atoms with Gasteiger partial charge in [-0.3, -0.25) is 0 Å². The molecule has 9 heteroatoms. The van der Waals surface area contributed by atoms with Crippen LogP contribution in [0.1, 0.15) is 6.23 Å². The number of imidazole rings is 1. The summed E-state index contributed by atoms with van der Waals surface area (Å²) in [5.41, 5.74) is 0. The van der Waals surface area contributed by atoms with Crippen LogP contribution >= 0.6 is 0 Å². The number of hydrogen-bond donors (Lipinski definition) is 3. The van der Waals surface area contributed by atoms with Crippen molar-refractivity contribution < 1.29 is 25.0 Å². The predicted octanol–water partition coefficient (Wildman–Crippen LogP) is -1.60. The topological polar surface area (TPSA) is 131 Å². The summed E-state index contributed by atoms with van der Waals surface area (Å²) in [5, 5.41) is 38.8. The van der Waals surface area contributed by atoms with Crippen molar-refractivity contribution in [1.82, 2.24) is 9.55 Å². The lowest BCUT2D eigenvalue weighted by molar-refractivity contribution is -0.394. The zero-order valence-electron chi connectivity index (χ0n) is 8.58. The zero-order chi connectivity index (χ0) is 12.6. The van der Waals surface area contributed by atoms with Crippen LogP contribution in [-0.2, 0) is 4.74 Å². The lowest BCUT2D eigenvalue weighted by atomic mass is 10.2. The maximum atomic E-state index is 10.7. The Morgan fingerprint density at radius 2 is 2.24 bits per heavy atom. The fraction of sp³-hybridized carbons (Fsp3) is 0.625. The van der Waals surface area contributed by atoms with Crippen LogP contribution in [-0.4, -0.2) is 54.7 Å². The number of ether oxygens (including phenoxy) is 1. The lowest BCUT2D eigenvalue weighted by Gasteiger charge is -2.12. The van der Waals surface area contributed by atoms with E-state index in [1.807, 2.05) is 0 Å². The number of aliphatic hydroxyl groups excluding tert-OH is 3. The van der Waals surface area contributed by atoms with Gasteiger partial charge in [-0.05, 0) is 4.92 Å². The molecule has 4 atom stereocenters. The summed E-state index contributed by atoms with van der Waals surface area (Å²) >= 11 is 0. The Kier molecular flexibility index (Phi) is 3.07. The van der Waals surface area contributed by atoms with Crippen LogP contribution in [0.15, 0.2) is 12.5 Å². The zero-order valence-corrected chi connectivity index (χ0v) is 8.58. The van der Waals surface area contributed by atoms with Crippen LogP contribution in [0.3, 0.4) is 0 Å². The van der Waals surface area contributed by atoms with Gasteiger partial charge in [0.25, 0.3) is 0 Å². The molecule has 0 spiro atoms. The third-order valence-electron chi connectivity index (χ3n) is 2.62. The van der Waals surface area contributed by atoms with E-state index in [1.165, 1.54) is 0 Å². The second-order valence-electron chi connectivity index (χ2n) is 3.65. The molecule has 1 aliphatic rings. The number of nitrogens with zero attached hydrogens (tertiary/aromatic N) is 3. The summed E-state index contributed by atoms with van der Waals surface area (Å²) in [6.45, 7) is -0.489. The summed E-state index contributed by atoms with van der Waals surface area (Å²) in [5.74, 6) is -0.361. The van der Waals surface area contributed by atoms with Crippen molar-refractivity contribution in [3.63, 3.8) is 0 Å². The lowest BCUT2D eigenvalue weighted by Crippen LogP contribution is -2.33. The van der Waals surface area contributed by atoms with Crippen molar-refractivity contribution in [2.24, 2.45) is 0 Å². The van der Waals surface area contributed by atoms with E-state index >= 15 is 0 Å². The Morgan fingerprint density at radius 1 is 1.53 bits per heavy atom. The van der Waals surface area contributed by atoms with Gasteiger partial charge in [0.05, 0.1) is 6.61 Å². The first-order valence-electron chi connectivity index (χ1n) is 4.85. The van der Waals surface area contributed by atoms with E-state index in [2.05, 4.69) is 4.98 Å². The first-order valence-corrected chi connectivity index (χ1v) is 4.85. The first-order chi connectivity index (χ1) is 8.06. The summed E-state index contributed by atoms with van der Waals surface area (Å²) in [6.07, 6.45) is -2.64. The maximum absolute atomic E-state index is 10.7. The number of rotatable bonds is 3. The average molecular weight is 246 g/mol. The highest BCUT2D eigenvalue weighted by Crippen LogP contribution is 2.31. The Bertz CT molecular complexity index is 421. The monoisotopic (exact) mass is 246 g/mol. The highest BCUT2D eigenvalue weighted by atomic mass is 16.6. The largest absolute Gasteiger partial charge is 0.394 e. The van der Waals surface area contributed by atoms with Crippen molar-refractivity contribution in [1.29, 1.82) is 0 Å². The van der Waals surface area contributed by atoms with E-state index < -0.39 is 36.1 Å². The van der Waals surface area contributed by atoms with Crippen LogP contribution in [0.25, 0.3) is 0 Å². The first kappa shape index (κ1) is 11.9. The van der Waals surface area contributed by atoms with E-state index in [1.54, 1.807) is 0 Å². The summed E-state index contributed by atoms with van der Waals surface area (Å²) in [7, 11) is 0. The molecular formula is C8H11N3O6. The minimum atomic E-state index is -1.36. The van der Waals surface area contributed by atoms with Gasteiger partial charge in [-0.15, -0.1) is 0 Å². The van der Waals surface area contributed by atoms with Gasteiger partial charge in [0.1, 0.15) is 24.5 Å². The molecule has 1 aliphatic heterocycles. The molecular weight excluding hydrogens is 235 g/mol. The van der Waals surface area contributed by atoms with Crippen LogP contribution in [0.2, 0.25) is 0 Å². The second kappa shape index (κ2) is 4.37. The normalized spacial score (nSPS) is 32.9. The van der Waals surface area contributed by atoms with Gasteiger partial charge in [0, 0.05) is 0 Å². The highest BCUT2D eigenvalue weighted by molar-refractivity contribution is 5.16. The molecule has 0 bridgehead atoms. The van der Waals surface area contributed by atoms with Gasteiger partial charge in [-0.1, -0.05) is 0 Å². The Labute approximate surface area is 95.0 Å². The molecule has 2 heterocycles. The van der Waals surface area contributed by atoms with Crippen molar-refractivity contribution in [2.45, 2.75) is 24.5 Å². The van der Waals surface area contributed by atoms with E-state index in [4.69, 9.17) is 9.84 Å². The maximum Gasteiger partial charge on any atom is 0.344 e. The van der Waals surface area contributed by atoms with Crippen molar-refractivity contribution >= 4 is 5.82 Å². The smallest absolute Gasteiger partial charge is 0.344 e. The number of nitro groups is 1.